The van der Waals surface area contributed by atoms with Gasteiger partial charge in [-0.25, -0.2) is 9.97 Å². The zero-order valence-corrected chi connectivity index (χ0v) is 18.7. The molecule has 1 saturated heterocycles. The van der Waals surface area contributed by atoms with E-state index in [-0.39, 0.29) is 24.2 Å². The summed E-state index contributed by atoms with van der Waals surface area (Å²) in [4.78, 5) is 8.64. The maximum Gasteiger partial charge on any atom is 0.163 e. The number of halogens is 2. The van der Waals surface area contributed by atoms with Crippen molar-refractivity contribution in [2.45, 2.75) is 57.1 Å². The van der Waals surface area contributed by atoms with Crippen molar-refractivity contribution >= 4 is 44.4 Å². The van der Waals surface area contributed by atoms with Gasteiger partial charge >= 0.3 is 0 Å². The van der Waals surface area contributed by atoms with E-state index in [1.165, 1.54) is 11.9 Å². The van der Waals surface area contributed by atoms with Crippen molar-refractivity contribution in [3.8, 4) is 0 Å². The van der Waals surface area contributed by atoms with E-state index in [4.69, 9.17) is 26.8 Å². The minimum absolute atomic E-state index is 0.0502. The number of ether oxygens (including phenoxy) is 2. The molecule has 2 aromatic heterocycles. The summed E-state index contributed by atoms with van der Waals surface area (Å²) in [6, 6.07) is 6.25. The first kappa shape index (κ1) is 19.3. The highest BCUT2D eigenvalue weighted by Gasteiger charge is 2.55. The number of aromatic nitrogens is 3. The van der Waals surface area contributed by atoms with Crippen molar-refractivity contribution in [2.24, 2.45) is 0 Å². The number of rotatable bonds is 2. The van der Waals surface area contributed by atoms with E-state index in [2.05, 4.69) is 43.5 Å². The van der Waals surface area contributed by atoms with Crippen molar-refractivity contribution in [3.05, 3.63) is 51.3 Å². The predicted molar refractivity (Wildman–Crippen MR) is 116 cm³/mol. The van der Waals surface area contributed by atoms with E-state index in [9.17, 15) is 0 Å². The van der Waals surface area contributed by atoms with Gasteiger partial charge in [0.05, 0.1) is 17.5 Å². The SMILES string of the molecule is Cc1cc(Cl)cc([C@H]2C[C@@H](n3cc(Br)c4c(N)ncnc43)[C@@H]3OC(C)(C)O[C@@H]32)c1. The van der Waals surface area contributed by atoms with Crippen molar-refractivity contribution < 1.29 is 9.47 Å². The topological polar surface area (TPSA) is 75.2 Å². The van der Waals surface area contributed by atoms with Gasteiger partial charge in [0.1, 0.15) is 23.9 Å². The first-order valence-corrected chi connectivity index (χ1v) is 10.8. The molecule has 1 aliphatic carbocycles. The summed E-state index contributed by atoms with van der Waals surface area (Å²) in [5.41, 5.74) is 9.22. The van der Waals surface area contributed by atoms with Gasteiger partial charge in [-0.15, -0.1) is 0 Å². The number of aryl methyl sites for hydroxylation is 1. The van der Waals surface area contributed by atoms with E-state index >= 15 is 0 Å². The van der Waals surface area contributed by atoms with Crippen LogP contribution in [0.4, 0.5) is 5.82 Å². The van der Waals surface area contributed by atoms with Crippen LogP contribution >= 0.6 is 27.5 Å². The van der Waals surface area contributed by atoms with Crippen LogP contribution in [0.2, 0.25) is 5.02 Å². The molecule has 8 heteroatoms. The van der Waals surface area contributed by atoms with Crippen molar-refractivity contribution in [2.75, 3.05) is 5.73 Å². The summed E-state index contributed by atoms with van der Waals surface area (Å²) in [7, 11) is 0. The molecule has 0 bridgehead atoms. The summed E-state index contributed by atoms with van der Waals surface area (Å²) >= 11 is 9.98. The molecule has 2 fully saturated rings. The Bertz CT molecular complexity index is 1100. The van der Waals surface area contributed by atoms with Crippen molar-refractivity contribution in [1.82, 2.24) is 14.5 Å². The lowest BCUT2D eigenvalue weighted by atomic mass is 9.94. The molecule has 3 heterocycles. The lowest BCUT2D eigenvalue weighted by Crippen LogP contribution is -2.27. The normalized spacial score (nSPS) is 28.2. The van der Waals surface area contributed by atoms with Crippen molar-refractivity contribution in [3.63, 3.8) is 0 Å². The molecule has 2 aliphatic rings. The Morgan fingerprint density at radius 3 is 2.72 bits per heavy atom. The smallest absolute Gasteiger partial charge is 0.163 e. The summed E-state index contributed by atoms with van der Waals surface area (Å²) < 4.78 is 15.8. The highest BCUT2D eigenvalue weighted by Crippen LogP contribution is 2.52. The number of benzene rings is 1. The first-order valence-electron chi connectivity index (χ1n) is 9.63. The Hall–Kier alpha value is -1.67. The summed E-state index contributed by atoms with van der Waals surface area (Å²) in [6.45, 7) is 5.99. The lowest BCUT2D eigenvalue weighted by Gasteiger charge is -2.25. The number of nitrogens with zero attached hydrogens (tertiary/aromatic N) is 3. The second kappa shape index (κ2) is 6.67. The molecule has 3 aromatic rings. The quantitative estimate of drug-likeness (QED) is 0.563. The van der Waals surface area contributed by atoms with Crippen molar-refractivity contribution in [1.29, 1.82) is 0 Å². The monoisotopic (exact) mass is 476 g/mol. The molecular weight excluding hydrogens is 456 g/mol. The van der Waals surface area contributed by atoms with Gasteiger partial charge in [-0.1, -0.05) is 17.7 Å². The Kier molecular flexibility index (Phi) is 4.44. The highest BCUT2D eigenvalue weighted by molar-refractivity contribution is 9.10. The van der Waals surface area contributed by atoms with Gasteiger partial charge in [0.25, 0.3) is 0 Å². The van der Waals surface area contributed by atoms with Crippen LogP contribution in [0.3, 0.4) is 0 Å². The maximum absolute atomic E-state index is 6.37. The molecule has 0 amide bonds. The van der Waals surface area contributed by atoms with Gasteiger partial charge < -0.3 is 19.8 Å². The molecule has 1 aliphatic heterocycles. The van der Waals surface area contributed by atoms with Gasteiger partial charge in [-0.2, -0.15) is 0 Å². The largest absolute Gasteiger partial charge is 0.383 e. The minimum Gasteiger partial charge on any atom is -0.383 e. The molecule has 1 saturated carbocycles. The third-order valence-corrected chi connectivity index (χ3v) is 6.70. The molecule has 29 heavy (non-hydrogen) atoms. The standard InChI is InChI=1S/C21H22BrClN4O2/c1-10-4-11(6-12(23)5-10)13-7-15(18-17(13)28-21(2,3)29-18)27-8-14(22)16-19(24)25-9-26-20(16)27/h4-6,8-9,13,15,17-18H,7H2,1-3H3,(H2,24,25,26)/t13-,15-,17-,18+/m1/s1. The van der Waals surface area contributed by atoms with Crippen LogP contribution in [0.1, 0.15) is 43.4 Å². The molecule has 1 aromatic carbocycles. The van der Waals surface area contributed by atoms with Crippen LogP contribution in [0.15, 0.2) is 35.2 Å². The molecule has 5 rings (SSSR count). The molecule has 152 valence electrons. The average Bonchev–Trinajstić information content (AvgIpc) is 3.23. The van der Waals surface area contributed by atoms with Crippen LogP contribution in [-0.2, 0) is 9.47 Å². The van der Waals surface area contributed by atoms with Gasteiger partial charge in [0.2, 0.25) is 0 Å². The van der Waals surface area contributed by atoms with Gasteiger partial charge in [0.15, 0.2) is 5.79 Å². The molecule has 6 nitrogen and oxygen atoms in total. The van der Waals surface area contributed by atoms with E-state index in [0.29, 0.717) is 5.82 Å². The first-order chi connectivity index (χ1) is 13.7. The molecule has 0 spiro atoms. The number of hydrogen-bond donors (Lipinski definition) is 1. The fourth-order valence-corrected chi connectivity index (χ4v) is 5.74. The average molecular weight is 478 g/mol. The fraction of sp³-hybridized carbons (Fsp3) is 0.429. The second-order valence-corrected chi connectivity index (χ2v) is 9.67. The van der Waals surface area contributed by atoms with Crippen LogP contribution in [0.25, 0.3) is 11.0 Å². The number of fused-ring (bicyclic) bond motifs is 2. The molecule has 0 unspecified atom stereocenters. The third-order valence-electron chi connectivity index (χ3n) is 5.88. The minimum atomic E-state index is -0.645. The lowest BCUT2D eigenvalue weighted by molar-refractivity contribution is -0.157. The predicted octanol–water partition coefficient (Wildman–Crippen LogP) is 4.99. The molecule has 0 radical (unpaired) electrons. The Morgan fingerprint density at radius 2 is 1.97 bits per heavy atom. The summed E-state index contributed by atoms with van der Waals surface area (Å²) in [5.74, 6) is -0.0191. The fourth-order valence-electron chi connectivity index (χ4n) is 4.85. The zero-order chi connectivity index (χ0) is 20.5. The second-order valence-electron chi connectivity index (χ2n) is 8.38. The molecule has 2 N–H and O–H groups in total. The van der Waals surface area contributed by atoms with E-state index in [0.717, 1.165) is 32.5 Å². The Balaban J connectivity index is 1.62. The van der Waals surface area contributed by atoms with Crippen LogP contribution < -0.4 is 5.73 Å². The van der Waals surface area contributed by atoms with E-state index in [1.807, 2.05) is 32.2 Å². The van der Waals surface area contributed by atoms with E-state index in [1.54, 1.807) is 0 Å². The van der Waals surface area contributed by atoms with Crippen LogP contribution in [0, 0.1) is 6.92 Å². The molecular formula is C21H22BrClN4O2. The number of nitrogens with two attached hydrogens (primary N) is 1. The van der Waals surface area contributed by atoms with Gasteiger partial charge in [-0.05, 0) is 66.4 Å². The molecule has 4 atom stereocenters. The summed E-state index contributed by atoms with van der Waals surface area (Å²) in [6.07, 6.45) is 4.21. The van der Waals surface area contributed by atoms with E-state index < -0.39 is 5.79 Å². The number of nitrogen functional groups attached to an aromatic ring is 1. The highest BCUT2D eigenvalue weighted by atomic mass is 79.9. The zero-order valence-electron chi connectivity index (χ0n) is 16.4. The number of anilines is 1. The summed E-state index contributed by atoms with van der Waals surface area (Å²) in [5, 5.41) is 1.57. The third kappa shape index (κ3) is 3.15. The Morgan fingerprint density at radius 1 is 1.21 bits per heavy atom. The van der Waals surface area contributed by atoms with Gasteiger partial charge in [-0.3, -0.25) is 0 Å². The number of hydrogen-bond acceptors (Lipinski definition) is 5. The van der Waals surface area contributed by atoms with Gasteiger partial charge in [0, 0.05) is 21.6 Å². The maximum atomic E-state index is 6.37. The van der Waals surface area contributed by atoms with Crippen LogP contribution in [0.5, 0.6) is 0 Å². The Labute approximate surface area is 182 Å². The van der Waals surface area contributed by atoms with Crippen LogP contribution in [-0.4, -0.2) is 32.5 Å².